The molecule has 3 rings (SSSR count). The summed E-state index contributed by atoms with van der Waals surface area (Å²) in [5.41, 5.74) is 2.01. The molecule has 2 aromatic carbocycles. The first-order chi connectivity index (χ1) is 12.4. The van der Waals surface area contributed by atoms with Gasteiger partial charge in [0.2, 0.25) is 0 Å². The molecular weight excluding hydrogens is 371 g/mol. The van der Waals surface area contributed by atoms with E-state index in [1.165, 1.54) is 0 Å². The number of nitrogens with zero attached hydrogens (tertiary/aromatic N) is 2. The smallest absolute Gasteiger partial charge is 0.263 e. The molecule has 0 radical (unpaired) electrons. The molecule has 1 atom stereocenters. The van der Waals surface area contributed by atoms with Gasteiger partial charge in [-0.25, -0.2) is 0 Å². The van der Waals surface area contributed by atoms with Gasteiger partial charge >= 0.3 is 0 Å². The predicted octanol–water partition coefficient (Wildman–Crippen LogP) is 4.42. The molecule has 0 saturated carbocycles. The zero-order valence-corrected chi connectivity index (χ0v) is 16.4. The Morgan fingerprint density at radius 2 is 1.73 bits per heavy atom. The monoisotopic (exact) mass is 392 g/mol. The van der Waals surface area contributed by atoms with Gasteiger partial charge in [-0.2, -0.15) is 0 Å². The molecule has 1 aliphatic heterocycles. The average Bonchev–Trinajstić information content (AvgIpc) is 2.63. The largest absolute Gasteiger partial charge is 0.481 e. The molecule has 0 aliphatic carbocycles. The summed E-state index contributed by atoms with van der Waals surface area (Å²) in [5, 5.41) is 1.38. The Bertz CT molecular complexity index is 789. The highest BCUT2D eigenvalue weighted by molar-refractivity contribution is 6.31. The minimum Gasteiger partial charge on any atom is -0.481 e. The van der Waals surface area contributed by atoms with Gasteiger partial charge in [0.1, 0.15) is 5.75 Å². The van der Waals surface area contributed by atoms with Crippen molar-refractivity contribution < 1.29 is 9.53 Å². The Morgan fingerprint density at radius 3 is 2.38 bits per heavy atom. The molecule has 1 amide bonds. The van der Waals surface area contributed by atoms with E-state index in [1.807, 2.05) is 42.2 Å². The number of hydrogen-bond donors (Lipinski definition) is 0. The Kier molecular flexibility index (Phi) is 5.94. The van der Waals surface area contributed by atoms with Gasteiger partial charge in [-0.05, 0) is 55.8 Å². The fourth-order valence-electron chi connectivity index (χ4n) is 3.10. The molecule has 0 aromatic heterocycles. The van der Waals surface area contributed by atoms with E-state index < -0.39 is 6.10 Å². The SMILES string of the molecule is Cc1cc(Cl)ccc1O[C@H](C)C(=O)N1CCN(c2cccc(Cl)c2)CC1. The lowest BCUT2D eigenvalue weighted by Gasteiger charge is -2.37. The number of piperazine rings is 1. The summed E-state index contributed by atoms with van der Waals surface area (Å²) < 4.78 is 5.86. The van der Waals surface area contributed by atoms with E-state index in [-0.39, 0.29) is 5.91 Å². The molecule has 6 heteroatoms. The van der Waals surface area contributed by atoms with Crippen LogP contribution < -0.4 is 9.64 Å². The van der Waals surface area contributed by atoms with Gasteiger partial charge in [-0.3, -0.25) is 4.79 Å². The summed E-state index contributed by atoms with van der Waals surface area (Å²) in [6.07, 6.45) is -0.535. The van der Waals surface area contributed by atoms with Crippen LogP contribution >= 0.6 is 23.2 Å². The molecule has 1 aliphatic rings. The van der Waals surface area contributed by atoms with E-state index >= 15 is 0 Å². The maximum absolute atomic E-state index is 12.7. The number of rotatable bonds is 4. The van der Waals surface area contributed by atoms with Gasteiger partial charge in [0.25, 0.3) is 5.91 Å². The van der Waals surface area contributed by atoms with Crippen LogP contribution in [0.25, 0.3) is 0 Å². The number of hydrogen-bond acceptors (Lipinski definition) is 3. The van der Waals surface area contributed by atoms with Crippen LogP contribution in [0.4, 0.5) is 5.69 Å². The van der Waals surface area contributed by atoms with E-state index in [9.17, 15) is 4.79 Å². The third-order valence-corrected chi connectivity index (χ3v) is 5.02. The lowest BCUT2D eigenvalue weighted by atomic mass is 10.2. The maximum atomic E-state index is 12.7. The van der Waals surface area contributed by atoms with Crippen molar-refractivity contribution in [2.75, 3.05) is 31.1 Å². The Morgan fingerprint density at radius 1 is 1.04 bits per heavy atom. The highest BCUT2D eigenvalue weighted by atomic mass is 35.5. The summed E-state index contributed by atoms with van der Waals surface area (Å²) in [6.45, 7) is 6.59. The summed E-state index contributed by atoms with van der Waals surface area (Å²) in [7, 11) is 0. The number of carbonyl (C=O) groups is 1. The second-order valence-corrected chi connectivity index (χ2v) is 7.33. The first-order valence-corrected chi connectivity index (χ1v) is 9.42. The fourth-order valence-corrected chi connectivity index (χ4v) is 3.51. The van der Waals surface area contributed by atoms with E-state index in [2.05, 4.69) is 4.90 Å². The summed E-state index contributed by atoms with van der Waals surface area (Å²) in [6, 6.07) is 13.2. The van der Waals surface area contributed by atoms with Crippen molar-refractivity contribution in [3.63, 3.8) is 0 Å². The van der Waals surface area contributed by atoms with Gasteiger partial charge in [0, 0.05) is 41.9 Å². The molecule has 4 nitrogen and oxygen atoms in total. The number of anilines is 1. The molecular formula is C20H22Cl2N2O2. The number of aryl methyl sites for hydroxylation is 1. The van der Waals surface area contributed by atoms with E-state index in [0.717, 1.165) is 29.4 Å². The molecule has 1 heterocycles. The number of benzene rings is 2. The maximum Gasteiger partial charge on any atom is 0.263 e. The van der Waals surface area contributed by atoms with Crippen molar-refractivity contribution in [3.05, 3.63) is 58.1 Å². The van der Waals surface area contributed by atoms with Crippen LogP contribution in [0.15, 0.2) is 42.5 Å². The van der Waals surface area contributed by atoms with Crippen molar-refractivity contribution in [2.24, 2.45) is 0 Å². The first kappa shape index (κ1) is 18.9. The Hall–Kier alpha value is -1.91. The van der Waals surface area contributed by atoms with Gasteiger partial charge < -0.3 is 14.5 Å². The van der Waals surface area contributed by atoms with Gasteiger partial charge in [0.15, 0.2) is 6.10 Å². The van der Waals surface area contributed by atoms with Crippen molar-refractivity contribution in [3.8, 4) is 5.75 Å². The van der Waals surface area contributed by atoms with Crippen molar-refractivity contribution in [1.29, 1.82) is 0 Å². The van der Waals surface area contributed by atoms with Crippen LogP contribution in [-0.4, -0.2) is 43.1 Å². The highest BCUT2D eigenvalue weighted by Gasteiger charge is 2.26. The highest BCUT2D eigenvalue weighted by Crippen LogP contribution is 2.24. The number of ether oxygens (including phenoxy) is 1. The van der Waals surface area contributed by atoms with Crippen LogP contribution in [0.3, 0.4) is 0 Å². The lowest BCUT2D eigenvalue weighted by Crippen LogP contribution is -2.52. The first-order valence-electron chi connectivity index (χ1n) is 8.66. The summed E-state index contributed by atoms with van der Waals surface area (Å²) >= 11 is 12.0. The molecule has 0 spiro atoms. The minimum atomic E-state index is -0.535. The van der Waals surface area contributed by atoms with E-state index in [1.54, 1.807) is 19.1 Å². The van der Waals surface area contributed by atoms with Gasteiger partial charge in [-0.15, -0.1) is 0 Å². The summed E-state index contributed by atoms with van der Waals surface area (Å²) in [5.74, 6) is 0.693. The Balaban J connectivity index is 1.57. The predicted molar refractivity (Wildman–Crippen MR) is 107 cm³/mol. The zero-order chi connectivity index (χ0) is 18.7. The third-order valence-electron chi connectivity index (χ3n) is 4.55. The molecule has 1 saturated heterocycles. The zero-order valence-electron chi connectivity index (χ0n) is 14.9. The van der Waals surface area contributed by atoms with Crippen molar-refractivity contribution in [1.82, 2.24) is 4.90 Å². The number of halogens is 2. The van der Waals surface area contributed by atoms with Crippen LogP contribution in [0.5, 0.6) is 5.75 Å². The fraction of sp³-hybridized carbons (Fsp3) is 0.350. The molecule has 0 unspecified atom stereocenters. The summed E-state index contributed by atoms with van der Waals surface area (Å²) in [4.78, 5) is 16.8. The van der Waals surface area contributed by atoms with Crippen molar-refractivity contribution in [2.45, 2.75) is 20.0 Å². The molecule has 138 valence electrons. The van der Waals surface area contributed by atoms with Crippen LogP contribution in [0, 0.1) is 6.92 Å². The topological polar surface area (TPSA) is 32.8 Å². The molecule has 26 heavy (non-hydrogen) atoms. The second kappa shape index (κ2) is 8.19. The molecule has 0 N–H and O–H groups in total. The van der Waals surface area contributed by atoms with Crippen LogP contribution in [0.2, 0.25) is 10.0 Å². The third kappa shape index (κ3) is 4.43. The van der Waals surface area contributed by atoms with Crippen molar-refractivity contribution >= 4 is 34.8 Å². The average molecular weight is 393 g/mol. The van der Waals surface area contributed by atoms with Crippen LogP contribution in [0.1, 0.15) is 12.5 Å². The van der Waals surface area contributed by atoms with E-state index in [4.69, 9.17) is 27.9 Å². The molecule has 0 bridgehead atoms. The van der Waals surface area contributed by atoms with Gasteiger partial charge in [0.05, 0.1) is 0 Å². The van der Waals surface area contributed by atoms with Crippen LogP contribution in [-0.2, 0) is 4.79 Å². The van der Waals surface area contributed by atoms with E-state index in [0.29, 0.717) is 23.9 Å². The number of carbonyl (C=O) groups excluding carboxylic acids is 1. The molecule has 2 aromatic rings. The Labute approximate surface area is 164 Å². The minimum absolute atomic E-state index is 0.00472. The second-order valence-electron chi connectivity index (χ2n) is 6.46. The van der Waals surface area contributed by atoms with Gasteiger partial charge in [-0.1, -0.05) is 29.3 Å². The quantitative estimate of drug-likeness (QED) is 0.771. The normalized spacial score (nSPS) is 15.7. The standard InChI is InChI=1S/C20H22Cl2N2O2/c1-14-12-17(22)6-7-19(14)26-15(2)20(25)24-10-8-23(9-11-24)18-5-3-4-16(21)13-18/h3-7,12-13,15H,8-11H2,1-2H3/t15-/m1/s1. The molecule has 1 fully saturated rings. The lowest BCUT2D eigenvalue weighted by molar-refractivity contribution is -0.138. The number of amides is 1.